The van der Waals surface area contributed by atoms with Crippen molar-refractivity contribution in [3.63, 3.8) is 0 Å². The number of sulfonamides is 1. The summed E-state index contributed by atoms with van der Waals surface area (Å²) >= 11 is 0. The summed E-state index contributed by atoms with van der Waals surface area (Å²) in [4.78, 5) is 13.4. The molecule has 0 aliphatic carbocycles. The molecule has 1 aliphatic rings. The Hall–Kier alpha value is -1.15. The second-order valence-corrected chi connectivity index (χ2v) is 7.22. The van der Waals surface area contributed by atoms with Gasteiger partial charge < -0.3 is 10.6 Å². The van der Waals surface area contributed by atoms with Crippen molar-refractivity contribution in [2.24, 2.45) is 5.73 Å². The Morgan fingerprint density at radius 1 is 1.18 bits per heavy atom. The minimum Gasteiger partial charge on any atom is -0.339 e. The molecule has 1 aliphatic heterocycles. The maximum atomic E-state index is 12.4. The molecule has 0 bridgehead atoms. The molecule has 1 saturated heterocycles. The summed E-state index contributed by atoms with van der Waals surface area (Å²) in [6, 6.07) is 8.56. The fourth-order valence-corrected chi connectivity index (χ4v) is 3.87. The first-order chi connectivity index (χ1) is 9.90. The number of carbonyl (C=O) groups is 1. The Kier molecular flexibility index (Phi) is 6.80. The smallest absolute Gasteiger partial charge is 0.239 e. The minimum absolute atomic E-state index is 0. The first kappa shape index (κ1) is 18.9. The van der Waals surface area contributed by atoms with Crippen LogP contribution in [-0.2, 0) is 20.6 Å². The third-order valence-electron chi connectivity index (χ3n) is 3.53. The molecule has 124 valence electrons. The lowest BCUT2D eigenvalue weighted by molar-refractivity contribution is -0.133. The SMILES string of the molecule is CC(N)C(=O)N1CCN(S(=O)(=O)Cc2ccccc2)CC1.Cl. The van der Waals surface area contributed by atoms with E-state index in [1.807, 2.05) is 18.2 Å². The molecule has 6 nitrogen and oxygen atoms in total. The second-order valence-electron chi connectivity index (χ2n) is 5.25. The van der Waals surface area contributed by atoms with Crippen molar-refractivity contribution >= 4 is 28.3 Å². The molecule has 1 atom stereocenters. The van der Waals surface area contributed by atoms with E-state index in [2.05, 4.69) is 0 Å². The van der Waals surface area contributed by atoms with Gasteiger partial charge in [-0.2, -0.15) is 4.31 Å². The highest BCUT2D eigenvalue weighted by atomic mass is 35.5. The van der Waals surface area contributed by atoms with Crippen molar-refractivity contribution in [1.82, 2.24) is 9.21 Å². The summed E-state index contributed by atoms with van der Waals surface area (Å²) in [7, 11) is -3.34. The number of benzene rings is 1. The van der Waals surface area contributed by atoms with E-state index >= 15 is 0 Å². The monoisotopic (exact) mass is 347 g/mol. The highest BCUT2D eigenvalue weighted by Crippen LogP contribution is 2.13. The molecular formula is C14H22ClN3O3S. The van der Waals surface area contributed by atoms with Crippen LogP contribution in [0.25, 0.3) is 0 Å². The number of rotatable bonds is 4. The molecule has 1 aromatic rings. The van der Waals surface area contributed by atoms with Crippen LogP contribution in [0.1, 0.15) is 12.5 Å². The van der Waals surface area contributed by atoms with Crippen LogP contribution in [0.4, 0.5) is 0 Å². The molecule has 1 heterocycles. The number of nitrogens with zero attached hydrogens (tertiary/aromatic N) is 2. The Bertz CT molecular complexity index is 585. The highest BCUT2D eigenvalue weighted by Gasteiger charge is 2.29. The predicted molar refractivity (Wildman–Crippen MR) is 88.1 cm³/mol. The molecule has 1 aromatic carbocycles. The third-order valence-corrected chi connectivity index (χ3v) is 5.38. The maximum absolute atomic E-state index is 12.4. The molecule has 1 amide bonds. The van der Waals surface area contributed by atoms with E-state index in [-0.39, 0.29) is 24.1 Å². The predicted octanol–water partition coefficient (Wildman–Crippen LogP) is 0.430. The summed E-state index contributed by atoms with van der Waals surface area (Å²) in [6.45, 7) is 3.09. The average Bonchev–Trinajstić information content (AvgIpc) is 2.47. The zero-order valence-electron chi connectivity index (χ0n) is 12.5. The van der Waals surface area contributed by atoms with Crippen LogP contribution in [0, 0.1) is 0 Å². The van der Waals surface area contributed by atoms with Gasteiger partial charge in [0.05, 0.1) is 11.8 Å². The maximum Gasteiger partial charge on any atom is 0.239 e. The van der Waals surface area contributed by atoms with Crippen molar-refractivity contribution in [3.8, 4) is 0 Å². The molecular weight excluding hydrogens is 326 g/mol. The van der Waals surface area contributed by atoms with E-state index in [1.54, 1.807) is 24.0 Å². The van der Waals surface area contributed by atoms with Crippen molar-refractivity contribution < 1.29 is 13.2 Å². The summed E-state index contributed by atoms with van der Waals surface area (Å²) in [5, 5.41) is 0. The molecule has 2 N–H and O–H groups in total. The Morgan fingerprint density at radius 2 is 1.73 bits per heavy atom. The van der Waals surface area contributed by atoms with E-state index in [0.717, 1.165) is 5.56 Å². The number of hydrogen-bond acceptors (Lipinski definition) is 4. The number of carbonyl (C=O) groups excluding carboxylic acids is 1. The molecule has 22 heavy (non-hydrogen) atoms. The topological polar surface area (TPSA) is 83.7 Å². The van der Waals surface area contributed by atoms with Gasteiger partial charge in [0.25, 0.3) is 0 Å². The van der Waals surface area contributed by atoms with Gasteiger partial charge >= 0.3 is 0 Å². The lowest BCUT2D eigenvalue weighted by Crippen LogP contribution is -2.53. The van der Waals surface area contributed by atoms with Crippen molar-refractivity contribution in [1.29, 1.82) is 0 Å². The van der Waals surface area contributed by atoms with Gasteiger partial charge in [-0.1, -0.05) is 30.3 Å². The fourth-order valence-electron chi connectivity index (χ4n) is 2.35. The number of amides is 1. The number of halogens is 1. The molecule has 0 radical (unpaired) electrons. The molecule has 0 saturated carbocycles. The number of nitrogens with two attached hydrogens (primary N) is 1. The molecule has 1 fully saturated rings. The average molecular weight is 348 g/mol. The van der Waals surface area contributed by atoms with Crippen LogP contribution in [0.15, 0.2) is 30.3 Å². The van der Waals surface area contributed by atoms with Crippen molar-refractivity contribution in [2.45, 2.75) is 18.7 Å². The van der Waals surface area contributed by atoms with E-state index in [4.69, 9.17) is 5.73 Å². The quantitative estimate of drug-likeness (QED) is 0.856. The van der Waals surface area contributed by atoms with Gasteiger partial charge in [0.15, 0.2) is 0 Å². The van der Waals surface area contributed by atoms with Crippen LogP contribution >= 0.6 is 12.4 Å². The molecule has 1 unspecified atom stereocenters. The van der Waals surface area contributed by atoms with Gasteiger partial charge in [0.1, 0.15) is 0 Å². The normalized spacial score (nSPS) is 17.6. The fraction of sp³-hybridized carbons (Fsp3) is 0.500. The molecule has 0 aromatic heterocycles. The second kappa shape index (κ2) is 7.92. The third kappa shape index (κ3) is 4.67. The van der Waals surface area contributed by atoms with Crippen molar-refractivity contribution in [2.75, 3.05) is 26.2 Å². The highest BCUT2D eigenvalue weighted by molar-refractivity contribution is 7.88. The Morgan fingerprint density at radius 3 is 2.23 bits per heavy atom. The summed E-state index contributed by atoms with van der Waals surface area (Å²) < 4.78 is 26.2. The van der Waals surface area contributed by atoms with E-state index in [1.165, 1.54) is 4.31 Å². The first-order valence-corrected chi connectivity index (χ1v) is 8.57. The number of piperazine rings is 1. The van der Waals surface area contributed by atoms with Gasteiger partial charge in [0.2, 0.25) is 15.9 Å². The summed E-state index contributed by atoms with van der Waals surface area (Å²) in [5.41, 5.74) is 6.34. The van der Waals surface area contributed by atoms with Gasteiger partial charge in [-0.25, -0.2) is 8.42 Å². The Labute approximate surface area is 137 Å². The largest absolute Gasteiger partial charge is 0.339 e. The Balaban J connectivity index is 0.00000242. The van der Waals surface area contributed by atoms with Crippen LogP contribution in [0.5, 0.6) is 0 Å². The first-order valence-electron chi connectivity index (χ1n) is 6.96. The van der Waals surface area contributed by atoms with Crippen LogP contribution in [0.2, 0.25) is 0 Å². The van der Waals surface area contributed by atoms with Crippen LogP contribution in [0.3, 0.4) is 0 Å². The number of hydrogen-bond donors (Lipinski definition) is 1. The minimum atomic E-state index is -3.34. The zero-order chi connectivity index (χ0) is 15.5. The van der Waals surface area contributed by atoms with Gasteiger partial charge in [0, 0.05) is 26.2 Å². The molecule has 8 heteroatoms. The standard InChI is InChI=1S/C14H21N3O3S.ClH/c1-12(15)14(18)16-7-9-17(10-8-16)21(19,20)11-13-5-3-2-4-6-13;/h2-6,12H,7-11,15H2,1H3;1H. The van der Waals surface area contributed by atoms with Crippen molar-refractivity contribution in [3.05, 3.63) is 35.9 Å². The summed E-state index contributed by atoms with van der Waals surface area (Å²) in [6.07, 6.45) is 0. The van der Waals surface area contributed by atoms with Gasteiger partial charge in [-0.3, -0.25) is 4.79 Å². The van der Waals surface area contributed by atoms with E-state index in [9.17, 15) is 13.2 Å². The van der Waals surface area contributed by atoms with Gasteiger partial charge in [-0.15, -0.1) is 12.4 Å². The van der Waals surface area contributed by atoms with E-state index < -0.39 is 16.1 Å². The lowest BCUT2D eigenvalue weighted by atomic mass is 10.2. The molecule has 2 rings (SSSR count). The van der Waals surface area contributed by atoms with E-state index in [0.29, 0.717) is 26.2 Å². The van der Waals surface area contributed by atoms with Gasteiger partial charge in [-0.05, 0) is 12.5 Å². The zero-order valence-corrected chi connectivity index (χ0v) is 14.1. The van der Waals surface area contributed by atoms with Crippen LogP contribution in [-0.4, -0.2) is 55.8 Å². The van der Waals surface area contributed by atoms with Crippen LogP contribution < -0.4 is 5.73 Å². The molecule has 0 spiro atoms. The lowest BCUT2D eigenvalue weighted by Gasteiger charge is -2.34. The summed E-state index contributed by atoms with van der Waals surface area (Å²) in [5.74, 6) is -0.134.